The maximum absolute atomic E-state index is 10.5. The molecule has 2 N–H and O–H groups in total. The maximum atomic E-state index is 10.5. The van der Waals surface area contributed by atoms with E-state index in [1.165, 1.54) is 0 Å². The molecule has 6 heteroatoms. The van der Waals surface area contributed by atoms with Crippen LogP contribution in [-0.4, -0.2) is 35.3 Å². The lowest BCUT2D eigenvalue weighted by Gasteiger charge is -2.22. The van der Waals surface area contributed by atoms with Gasteiger partial charge in [-0.1, -0.05) is 0 Å². The van der Waals surface area contributed by atoms with Crippen LogP contribution in [0.3, 0.4) is 0 Å². The van der Waals surface area contributed by atoms with Crippen LogP contribution in [0, 0.1) is 0 Å². The minimum atomic E-state index is -4.03. The van der Waals surface area contributed by atoms with Crippen molar-refractivity contribution in [2.24, 2.45) is 0 Å². The molecule has 1 atom stereocenters. The summed E-state index contributed by atoms with van der Waals surface area (Å²) in [5.74, 6) is -0.929. The molecule has 0 saturated carbocycles. The molecule has 0 aromatic carbocycles. The molecule has 10 heavy (non-hydrogen) atoms. The van der Waals surface area contributed by atoms with Crippen LogP contribution in [0.15, 0.2) is 0 Å². The smallest absolute Gasteiger partial charge is 0.346 e. The van der Waals surface area contributed by atoms with Crippen LogP contribution in [-0.2, 0) is 9.30 Å². The molecule has 0 aliphatic carbocycles. The first-order valence-corrected chi connectivity index (χ1v) is 4.58. The fourth-order valence-electron chi connectivity index (χ4n) is 0.711. The highest BCUT2D eigenvalue weighted by molar-refractivity contribution is 7.52. The van der Waals surface area contributed by atoms with Crippen molar-refractivity contribution in [2.45, 2.75) is 5.78 Å². The lowest BCUT2D eigenvalue weighted by molar-refractivity contribution is 0.0882. The Bertz CT molecular complexity index is 149. The second-order valence-electron chi connectivity index (χ2n) is 2.05. The minimum absolute atomic E-state index is 0.0459. The second-order valence-corrected chi connectivity index (χ2v) is 3.83. The second kappa shape index (κ2) is 2.98. The van der Waals surface area contributed by atoms with E-state index in [1.54, 1.807) is 0 Å². The number of hydrogen-bond donors (Lipinski definition) is 2. The quantitative estimate of drug-likeness (QED) is 0.496. The molecule has 1 rings (SSSR count). The monoisotopic (exact) mass is 166 g/mol. The summed E-state index contributed by atoms with van der Waals surface area (Å²) in [5.41, 5.74) is 0. The Morgan fingerprint density at radius 3 is 2.60 bits per heavy atom. The Hall–Kier alpha value is 0.0700. The third-order valence-electron chi connectivity index (χ3n) is 1.23. The lowest BCUT2D eigenvalue weighted by atomic mass is 10.5. The summed E-state index contributed by atoms with van der Waals surface area (Å²) in [6.07, 6.45) is 0. The summed E-state index contributed by atoms with van der Waals surface area (Å²) in [6, 6.07) is 0. The van der Waals surface area contributed by atoms with Crippen molar-refractivity contribution in [1.29, 1.82) is 0 Å². The standard InChI is InChI=1S/C4H9NO4P/c6-10(7,8)4-3-9-2-1-5-4/h4H,1-3H2,(H2,6,7,8). The van der Waals surface area contributed by atoms with Crippen molar-refractivity contribution < 1.29 is 19.1 Å². The van der Waals surface area contributed by atoms with E-state index in [2.05, 4.69) is 5.32 Å². The average Bonchev–Trinajstić information content (AvgIpc) is 1.88. The van der Waals surface area contributed by atoms with E-state index in [4.69, 9.17) is 14.5 Å². The number of nitrogens with zero attached hydrogens (tertiary/aromatic N) is 1. The van der Waals surface area contributed by atoms with Gasteiger partial charge in [-0.3, -0.25) is 4.57 Å². The summed E-state index contributed by atoms with van der Waals surface area (Å²) in [5, 5.41) is 3.71. The molecule has 0 bridgehead atoms. The minimum Gasteiger partial charge on any atom is -0.378 e. The first-order chi connectivity index (χ1) is 4.61. The zero-order valence-electron chi connectivity index (χ0n) is 5.30. The lowest BCUT2D eigenvalue weighted by Crippen LogP contribution is -2.35. The first-order valence-electron chi connectivity index (χ1n) is 2.90. The maximum Gasteiger partial charge on any atom is 0.346 e. The zero-order chi connectivity index (χ0) is 7.61. The Morgan fingerprint density at radius 1 is 1.60 bits per heavy atom. The van der Waals surface area contributed by atoms with Gasteiger partial charge in [0.15, 0.2) is 0 Å². The molecule has 0 amide bonds. The molecule has 1 aliphatic heterocycles. The van der Waals surface area contributed by atoms with Crippen LogP contribution < -0.4 is 5.32 Å². The van der Waals surface area contributed by atoms with Crippen molar-refractivity contribution in [3.05, 3.63) is 0 Å². The van der Waals surface area contributed by atoms with E-state index in [0.29, 0.717) is 13.2 Å². The highest BCUT2D eigenvalue weighted by atomic mass is 31.2. The highest BCUT2D eigenvalue weighted by Crippen LogP contribution is 2.40. The largest absolute Gasteiger partial charge is 0.378 e. The van der Waals surface area contributed by atoms with Gasteiger partial charge in [0, 0.05) is 6.54 Å². The third kappa shape index (κ3) is 2.04. The molecule has 1 heterocycles. The summed E-state index contributed by atoms with van der Waals surface area (Å²) in [4.78, 5) is 17.2. The fraction of sp³-hybridized carbons (Fsp3) is 1.00. The normalized spacial score (nSPS) is 28.4. The van der Waals surface area contributed by atoms with Crippen LogP contribution in [0.4, 0.5) is 0 Å². The molecule has 1 unspecified atom stereocenters. The van der Waals surface area contributed by atoms with Gasteiger partial charge in [-0.15, -0.1) is 0 Å². The Morgan fingerprint density at radius 2 is 2.30 bits per heavy atom. The molecule has 1 fully saturated rings. The molecule has 0 spiro atoms. The number of hydrogen-bond acceptors (Lipinski definition) is 2. The van der Waals surface area contributed by atoms with Crippen molar-refractivity contribution in [1.82, 2.24) is 5.32 Å². The van der Waals surface area contributed by atoms with Gasteiger partial charge >= 0.3 is 7.60 Å². The van der Waals surface area contributed by atoms with Gasteiger partial charge in [0.1, 0.15) is 5.78 Å². The number of rotatable bonds is 1. The number of ether oxygens (including phenoxy) is 1. The van der Waals surface area contributed by atoms with E-state index in [9.17, 15) is 4.57 Å². The van der Waals surface area contributed by atoms with Gasteiger partial charge in [0.25, 0.3) is 0 Å². The van der Waals surface area contributed by atoms with E-state index in [1.807, 2.05) is 0 Å². The average molecular weight is 166 g/mol. The molecular weight excluding hydrogens is 157 g/mol. The van der Waals surface area contributed by atoms with E-state index in [-0.39, 0.29) is 6.61 Å². The SMILES string of the molecule is O=P(O)(O)C1COCC[N]1. The van der Waals surface area contributed by atoms with Gasteiger partial charge < -0.3 is 14.5 Å². The molecule has 1 radical (unpaired) electrons. The summed E-state index contributed by atoms with van der Waals surface area (Å²) < 4.78 is 15.3. The predicted molar refractivity (Wildman–Crippen MR) is 33.7 cm³/mol. The van der Waals surface area contributed by atoms with Crippen molar-refractivity contribution in [3.63, 3.8) is 0 Å². The summed E-state index contributed by atoms with van der Waals surface area (Å²) in [7, 11) is -4.03. The molecule has 59 valence electrons. The van der Waals surface area contributed by atoms with Gasteiger partial charge in [-0.25, -0.2) is 5.32 Å². The van der Waals surface area contributed by atoms with Crippen LogP contribution in [0.1, 0.15) is 0 Å². The molecule has 0 aromatic rings. The van der Waals surface area contributed by atoms with E-state index in [0.717, 1.165) is 0 Å². The fourth-order valence-corrected chi connectivity index (χ4v) is 1.34. The Labute approximate surface area is 58.5 Å². The third-order valence-corrected chi connectivity index (χ3v) is 2.32. The van der Waals surface area contributed by atoms with Gasteiger partial charge in [0.05, 0.1) is 13.2 Å². The topological polar surface area (TPSA) is 80.9 Å². The van der Waals surface area contributed by atoms with Crippen LogP contribution in [0.25, 0.3) is 0 Å². The van der Waals surface area contributed by atoms with Crippen molar-refractivity contribution in [2.75, 3.05) is 19.8 Å². The number of morpholine rings is 1. The van der Waals surface area contributed by atoms with Crippen LogP contribution in [0.5, 0.6) is 0 Å². The first kappa shape index (κ1) is 8.17. The van der Waals surface area contributed by atoms with Crippen molar-refractivity contribution in [3.8, 4) is 0 Å². The van der Waals surface area contributed by atoms with Gasteiger partial charge in [0.2, 0.25) is 0 Å². The van der Waals surface area contributed by atoms with Crippen LogP contribution in [0.2, 0.25) is 0 Å². The zero-order valence-corrected chi connectivity index (χ0v) is 6.20. The summed E-state index contributed by atoms with van der Waals surface area (Å²) in [6.45, 7) is 0.899. The molecule has 5 nitrogen and oxygen atoms in total. The molecule has 1 aliphatic rings. The van der Waals surface area contributed by atoms with Gasteiger partial charge in [-0.05, 0) is 0 Å². The Balaban J connectivity index is 2.47. The Kier molecular flexibility index (Phi) is 2.44. The molecule has 0 aromatic heterocycles. The highest BCUT2D eigenvalue weighted by Gasteiger charge is 2.31. The molecule has 1 saturated heterocycles. The van der Waals surface area contributed by atoms with E-state index < -0.39 is 13.4 Å². The predicted octanol–water partition coefficient (Wildman–Crippen LogP) is -0.875. The van der Waals surface area contributed by atoms with Crippen LogP contribution >= 0.6 is 7.60 Å². The van der Waals surface area contributed by atoms with Gasteiger partial charge in [-0.2, -0.15) is 0 Å². The molecular formula is C4H9NO4P. The van der Waals surface area contributed by atoms with Crippen molar-refractivity contribution >= 4 is 7.60 Å². The van der Waals surface area contributed by atoms with E-state index >= 15 is 0 Å². The summed E-state index contributed by atoms with van der Waals surface area (Å²) >= 11 is 0.